The third-order valence-corrected chi connectivity index (χ3v) is 4.33. The SMILES string of the molecule is CC(C)NC(=O)CNC(=O)COC(=O)c1ccc(N2CCCCC2)c([N+](=O)[O-])c1. The predicted octanol–water partition coefficient (Wildman–Crippen LogP) is 1.38. The molecule has 10 heteroatoms. The van der Waals surface area contributed by atoms with E-state index in [0.29, 0.717) is 5.69 Å². The second kappa shape index (κ2) is 10.4. The quantitative estimate of drug-likeness (QED) is 0.379. The Balaban J connectivity index is 1.94. The maximum absolute atomic E-state index is 12.2. The molecule has 10 nitrogen and oxygen atoms in total. The van der Waals surface area contributed by atoms with E-state index in [1.54, 1.807) is 13.8 Å². The van der Waals surface area contributed by atoms with Gasteiger partial charge in [-0.2, -0.15) is 0 Å². The van der Waals surface area contributed by atoms with E-state index < -0.39 is 23.4 Å². The van der Waals surface area contributed by atoms with Crippen LogP contribution >= 0.6 is 0 Å². The van der Waals surface area contributed by atoms with Crippen molar-refractivity contribution in [3.8, 4) is 0 Å². The number of ether oxygens (including phenoxy) is 1. The highest BCUT2D eigenvalue weighted by Crippen LogP contribution is 2.31. The smallest absolute Gasteiger partial charge is 0.338 e. The molecule has 0 bridgehead atoms. The molecule has 0 aliphatic carbocycles. The number of benzene rings is 1. The summed E-state index contributed by atoms with van der Waals surface area (Å²) in [5.74, 6) is -1.85. The fraction of sp³-hybridized carbons (Fsp3) is 0.526. The molecule has 0 spiro atoms. The number of hydrogen-bond donors (Lipinski definition) is 2. The Morgan fingerprint density at radius 3 is 2.48 bits per heavy atom. The maximum atomic E-state index is 12.2. The van der Waals surface area contributed by atoms with Crippen molar-refractivity contribution in [2.45, 2.75) is 39.2 Å². The first-order valence-electron chi connectivity index (χ1n) is 9.54. The molecule has 1 aliphatic rings. The van der Waals surface area contributed by atoms with Gasteiger partial charge in [-0.1, -0.05) is 0 Å². The summed E-state index contributed by atoms with van der Waals surface area (Å²) in [6.07, 6.45) is 3.02. The average molecular weight is 406 g/mol. The molecule has 1 aromatic rings. The van der Waals surface area contributed by atoms with Crippen molar-refractivity contribution in [1.82, 2.24) is 10.6 Å². The molecule has 1 fully saturated rings. The van der Waals surface area contributed by atoms with Gasteiger partial charge in [-0.3, -0.25) is 19.7 Å². The van der Waals surface area contributed by atoms with Crippen molar-refractivity contribution in [3.63, 3.8) is 0 Å². The van der Waals surface area contributed by atoms with Crippen LogP contribution in [0.4, 0.5) is 11.4 Å². The number of nitro benzene ring substituents is 1. The van der Waals surface area contributed by atoms with Gasteiger partial charge < -0.3 is 20.3 Å². The van der Waals surface area contributed by atoms with Crippen LogP contribution in [-0.2, 0) is 14.3 Å². The van der Waals surface area contributed by atoms with Crippen LogP contribution in [0.2, 0.25) is 0 Å². The van der Waals surface area contributed by atoms with E-state index in [2.05, 4.69) is 10.6 Å². The minimum atomic E-state index is -0.847. The monoisotopic (exact) mass is 406 g/mol. The van der Waals surface area contributed by atoms with E-state index in [1.165, 1.54) is 18.2 Å². The summed E-state index contributed by atoms with van der Waals surface area (Å²) in [5, 5.41) is 16.4. The highest BCUT2D eigenvalue weighted by Gasteiger charge is 2.23. The van der Waals surface area contributed by atoms with Crippen molar-refractivity contribution in [1.29, 1.82) is 0 Å². The number of nitrogens with zero attached hydrogens (tertiary/aromatic N) is 2. The van der Waals surface area contributed by atoms with Gasteiger partial charge in [0, 0.05) is 25.2 Å². The summed E-state index contributed by atoms with van der Waals surface area (Å²) in [4.78, 5) is 48.2. The van der Waals surface area contributed by atoms with Gasteiger partial charge in [0.2, 0.25) is 5.91 Å². The van der Waals surface area contributed by atoms with Crippen LogP contribution in [0.3, 0.4) is 0 Å². The van der Waals surface area contributed by atoms with E-state index in [9.17, 15) is 24.5 Å². The number of anilines is 1. The number of amides is 2. The number of nitrogens with one attached hydrogen (secondary N) is 2. The van der Waals surface area contributed by atoms with Crippen molar-refractivity contribution in [3.05, 3.63) is 33.9 Å². The van der Waals surface area contributed by atoms with Crippen LogP contribution in [0.5, 0.6) is 0 Å². The zero-order valence-electron chi connectivity index (χ0n) is 16.6. The Bertz CT molecular complexity index is 774. The lowest BCUT2D eigenvalue weighted by Crippen LogP contribution is -2.41. The van der Waals surface area contributed by atoms with Crippen molar-refractivity contribution in [2.75, 3.05) is 31.1 Å². The zero-order chi connectivity index (χ0) is 21.4. The van der Waals surface area contributed by atoms with Crippen LogP contribution in [0, 0.1) is 10.1 Å². The number of esters is 1. The van der Waals surface area contributed by atoms with Gasteiger partial charge in [-0.15, -0.1) is 0 Å². The van der Waals surface area contributed by atoms with Crippen LogP contribution in [0.25, 0.3) is 0 Å². The molecule has 0 unspecified atom stereocenters. The average Bonchev–Trinajstić information content (AvgIpc) is 2.70. The summed E-state index contributed by atoms with van der Waals surface area (Å²) in [5.41, 5.74) is 0.291. The third-order valence-electron chi connectivity index (χ3n) is 4.33. The fourth-order valence-electron chi connectivity index (χ4n) is 3.02. The zero-order valence-corrected chi connectivity index (χ0v) is 16.6. The minimum absolute atomic E-state index is 0.0113. The van der Waals surface area contributed by atoms with E-state index in [-0.39, 0.29) is 29.7 Å². The van der Waals surface area contributed by atoms with Crippen molar-refractivity contribution < 1.29 is 24.0 Å². The molecule has 158 valence electrons. The van der Waals surface area contributed by atoms with Crippen LogP contribution in [0.15, 0.2) is 18.2 Å². The molecule has 0 saturated carbocycles. The van der Waals surface area contributed by atoms with Crippen LogP contribution in [0.1, 0.15) is 43.5 Å². The molecule has 29 heavy (non-hydrogen) atoms. The van der Waals surface area contributed by atoms with Gasteiger partial charge in [-0.05, 0) is 45.2 Å². The van der Waals surface area contributed by atoms with Crippen molar-refractivity contribution in [2.24, 2.45) is 0 Å². The fourth-order valence-corrected chi connectivity index (χ4v) is 3.02. The largest absolute Gasteiger partial charge is 0.452 e. The minimum Gasteiger partial charge on any atom is -0.452 e. The van der Waals surface area contributed by atoms with Crippen LogP contribution < -0.4 is 15.5 Å². The molecule has 2 rings (SSSR count). The predicted molar refractivity (Wildman–Crippen MR) is 106 cm³/mol. The Kier molecular flexibility index (Phi) is 7.93. The normalized spacial score (nSPS) is 13.7. The van der Waals surface area contributed by atoms with E-state index >= 15 is 0 Å². The maximum Gasteiger partial charge on any atom is 0.338 e. The molecular formula is C19H26N4O6. The summed E-state index contributed by atoms with van der Waals surface area (Å²) in [6, 6.07) is 4.10. The lowest BCUT2D eigenvalue weighted by atomic mass is 10.1. The molecule has 0 aromatic heterocycles. The van der Waals surface area contributed by atoms with Gasteiger partial charge in [0.25, 0.3) is 11.6 Å². The Morgan fingerprint density at radius 1 is 1.17 bits per heavy atom. The molecule has 1 saturated heterocycles. The first-order valence-corrected chi connectivity index (χ1v) is 9.54. The number of carbonyl (C=O) groups excluding carboxylic acids is 3. The molecular weight excluding hydrogens is 380 g/mol. The highest BCUT2D eigenvalue weighted by molar-refractivity contribution is 5.93. The molecule has 0 atom stereocenters. The summed E-state index contributed by atoms with van der Waals surface area (Å²) in [6.45, 7) is 4.22. The number of piperidine rings is 1. The van der Waals surface area contributed by atoms with Gasteiger partial charge in [0.05, 0.1) is 17.0 Å². The van der Waals surface area contributed by atoms with Gasteiger partial charge in [0.15, 0.2) is 6.61 Å². The summed E-state index contributed by atoms with van der Waals surface area (Å²) < 4.78 is 4.90. The van der Waals surface area contributed by atoms with Gasteiger partial charge in [-0.25, -0.2) is 4.79 Å². The number of nitro groups is 1. The highest BCUT2D eigenvalue weighted by atomic mass is 16.6. The molecule has 1 heterocycles. The second-order valence-electron chi connectivity index (χ2n) is 7.08. The number of rotatable bonds is 8. The second-order valence-corrected chi connectivity index (χ2v) is 7.08. The molecule has 2 amide bonds. The Labute approximate surface area is 168 Å². The molecule has 0 radical (unpaired) electrons. The summed E-state index contributed by atoms with van der Waals surface area (Å²) in [7, 11) is 0. The Morgan fingerprint density at radius 2 is 1.86 bits per heavy atom. The van der Waals surface area contributed by atoms with Gasteiger partial charge >= 0.3 is 5.97 Å². The van der Waals surface area contributed by atoms with E-state index in [4.69, 9.17) is 4.74 Å². The Hall–Kier alpha value is -3.17. The first-order chi connectivity index (χ1) is 13.8. The van der Waals surface area contributed by atoms with E-state index in [1.807, 2.05) is 4.90 Å². The molecule has 2 N–H and O–H groups in total. The topological polar surface area (TPSA) is 131 Å². The number of carbonyl (C=O) groups is 3. The van der Waals surface area contributed by atoms with Gasteiger partial charge in [0.1, 0.15) is 5.69 Å². The lowest BCUT2D eigenvalue weighted by Gasteiger charge is -2.28. The first kappa shape index (κ1) is 22.1. The number of hydrogen-bond acceptors (Lipinski definition) is 7. The molecule has 1 aliphatic heterocycles. The molecule has 1 aromatic carbocycles. The van der Waals surface area contributed by atoms with Crippen LogP contribution in [-0.4, -0.2) is 55.0 Å². The van der Waals surface area contributed by atoms with Crippen molar-refractivity contribution >= 4 is 29.2 Å². The third kappa shape index (κ3) is 6.74. The lowest BCUT2D eigenvalue weighted by molar-refractivity contribution is -0.384. The van der Waals surface area contributed by atoms with E-state index in [0.717, 1.165) is 32.4 Å². The summed E-state index contributed by atoms with van der Waals surface area (Å²) >= 11 is 0. The standard InChI is InChI=1S/C19H26N4O6/c1-13(2)21-17(24)11-20-18(25)12-29-19(26)14-6-7-15(16(10-14)23(27)28)22-8-4-3-5-9-22/h6-7,10,13H,3-5,8-9,11-12H2,1-2H3,(H,20,25)(H,21,24).